The van der Waals surface area contributed by atoms with Crippen LogP contribution in [-0.2, 0) is 13.2 Å². The number of hydrogen-bond acceptors (Lipinski definition) is 2. The Morgan fingerprint density at radius 1 is 1.05 bits per heavy atom. The van der Waals surface area contributed by atoms with Crippen LogP contribution in [0.4, 0.5) is 8.78 Å². The second kappa shape index (κ2) is 7.38. The van der Waals surface area contributed by atoms with E-state index in [9.17, 15) is 8.78 Å². The van der Waals surface area contributed by atoms with Crippen LogP contribution in [0.1, 0.15) is 18.1 Å². The van der Waals surface area contributed by atoms with Gasteiger partial charge in [-0.1, -0.05) is 30.7 Å². The highest BCUT2D eigenvalue weighted by Crippen LogP contribution is 2.27. The van der Waals surface area contributed by atoms with Crippen molar-refractivity contribution in [3.63, 3.8) is 0 Å². The maximum atomic E-state index is 13.6. The summed E-state index contributed by atoms with van der Waals surface area (Å²) in [6, 6.07) is 8.97. The van der Waals surface area contributed by atoms with Crippen molar-refractivity contribution in [2.45, 2.75) is 20.1 Å². The van der Waals surface area contributed by atoms with E-state index in [1.807, 2.05) is 6.92 Å². The minimum Gasteiger partial charge on any atom is -0.488 e. The Kier molecular flexibility index (Phi) is 5.53. The Balaban J connectivity index is 2.18. The summed E-state index contributed by atoms with van der Waals surface area (Å²) in [5, 5.41) is 3.71. The summed E-state index contributed by atoms with van der Waals surface area (Å²) < 4.78 is 32.7. The van der Waals surface area contributed by atoms with Crippen LogP contribution < -0.4 is 10.1 Å². The number of rotatable bonds is 6. The smallest absolute Gasteiger partial charge is 0.132 e. The van der Waals surface area contributed by atoms with Gasteiger partial charge in [0.25, 0.3) is 0 Å². The fourth-order valence-electron chi connectivity index (χ4n) is 1.92. The standard InChI is InChI=1S/C16H16ClF2NO/c1-2-20-9-11-13(17)5-3-8-16(11)21-10-12-14(18)6-4-7-15(12)19/h3-8,20H,2,9-10H2,1H3. The van der Waals surface area contributed by atoms with Crippen LogP contribution >= 0.6 is 11.6 Å². The van der Waals surface area contributed by atoms with Gasteiger partial charge in [0.2, 0.25) is 0 Å². The highest BCUT2D eigenvalue weighted by molar-refractivity contribution is 6.31. The van der Waals surface area contributed by atoms with Crippen LogP contribution in [-0.4, -0.2) is 6.54 Å². The average molecular weight is 312 g/mol. The van der Waals surface area contributed by atoms with Gasteiger partial charge < -0.3 is 10.1 Å². The van der Waals surface area contributed by atoms with Crippen LogP contribution in [0.25, 0.3) is 0 Å². The predicted molar refractivity (Wildman–Crippen MR) is 79.5 cm³/mol. The third-order valence-electron chi connectivity index (χ3n) is 3.06. The van der Waals surface area contributed by atoms with Crippen molar-refractivity contribution in [2.24, 2.45) is 0 Å². The molecule has 0 spiro atoms. The van der Waals surface area contributed by atoms with Gasteiger partial charge in [-0.3, -0.25) is 0 Å². The van der Waals surface area contributed by atoms with Gasteiger partial charge >= 0.3 is 0 Å². The zero-order valence-corrected chi connectivity index (χ0v) is 12.4. The van der Waals surface area contributed by atoms with E-state index < -0.39 is 11.6 Å². The van der Waals surface area contributed by atoms with E-state index >= 15 is 0 Å². The van der Waals surface area contributed by atoms with Gasteiger partial charge in [-0.05, 0) is 30.8 Å². The molecule has 112 valence electrons. The molecule has 2 nitrogen and oxygen atoms in total. The number of halogens is 3. The molecule has 0 aliphatic carbocycles. The summed E-state index contributed by atoms with van der Waals surface area (Å²) in [5.74, 6) is -0.721. The minimum absolute atomic E-state index is 0.0909. The lowest BCUT2D eigenvalue weighted by atomic mass is 10.2. The number of nitrogens with one attached hydrogen (secondary N) is 1. The quantitative estimate of drug-likeness (QED) is 0.858. The second-order valence-electron chi connectivity index (χ2n) is 4.49. The van der Waals surface area contributed by atoms with Gasteiger partial charge in [0.05, 0.1) is 5.56 Å². The maximum Gasteiger partial charge on any atom is 0.132 e. The molecule has 0 heterocycles. The molecule has 0 aliphatic heterocycles. The van der Waals surface area contributed by atoms with E-state index in [0.717, 1.165) is 12.1 Å². The molecular weight excluding hydrogens is 296 g/mol. The molecule has 2 rings (SSSR count). The van der Waals surface area contributed by atoms with Crippen molar-refractivity contribution in [1.82, 2.24) is 5.32 Å². The van der Waals surface area contributed by atoms with E-state index in [-0.39, 0.29) is 12.2 Å². The minimum atomic E-state index is -0.620. The Morgan fingerprint density at radius 2 is 1.71 bits per heavy atom. The molecule has 0 atom stereocenters. The van der Waals surface area contributed by atoms with Crippen LogP contribution in [0, 0.1) is 11.6 Å². The van der Waals surface area contributed by atoms with Crippen molar-refractivity contribution < 1.29 is 13.5 Å². The number of ether oxygens (including phenoxy) is 1. The molecule has 2 aromatic carbocycles. The molecular formula is C16H16ClF2NO. The van der Waals surface area contributed by atoms with Crippen LogP contribution in [0.3, 0.4) is 0 Å². The topological polar surface area (TPSA) is 21.3 Å². The lowest BCUT2D eigenvalue weighted by Gasteiger charge is -2.14. The first kappa shape index (κ1) is 15.7. The van der Waals surface area contributed by atoms with Gasteiger partial charge in [0, 0.05) is 17.1 Å². The summed E-state index contributed by atoms with van der Waals surface area (Å²) in [5.41, 5.74) is 0.685. The Hall–Kier alpha value is -1.65. The van der Waals surface area contributed by atoms with Crippen LogP contribution in [0.2, 0.25) is 5.02 Å². The molecule has 0 amide bonds. The van der Waals surface area contributed by atoms with E-state index in [1.165, 1.54) is 18.2 Å². The van der Waals surface area contributed by atoms with Crippen molar-refractivity contribution in [2.75, 3.05) is 6.54 Å². The van der Waals surface area contributed by atoms with E-state index in [1.54, 1.807) is 18.2 Å². The molecule has 0 saturated heterocycles. The molecule has 0 radical (unpaired) electrons. The predicted octanol–water partition coefficient (Wildman–Crippen LogP) is 4.31. The highest BCUT2D eigenvalue weighted by Gasteiger charge is 2.12. The van der Waals surface area contributed by atoms with Gasteiger partial charge in [0.1, 0.15) is 24.0 Å². The molecule has 1 N–H and O–H groups in total. The lowest BCUT2D eigenvalue weighted by molar-refractivity contribution is 0.289. The number of benzene rings is 2. The highest BCUT2D eigenvalue weighted by atomic mass is 35.5. The Labute approximate surface area is 127 Å². The molecule has 0 bridgehead atoms. The van der Waals surface area contributed by atoms with E-state index in [0.29, 0.717) is 17.3 Å². The molecule has 0 fully saturated rings. The molecule has 0 unspecified atom stereocenters. The molecule has 0 saturated carbocycles. The van der Waals surface area contributed by atoms with Gasteiger partial charge in [-0.15, -0.1) is 0 Å². The van der Waals surface area contributed by atoms with E-state index in [4.69, 9.17) is 16.3 Å². The summed E-state index contributed by atoms with van der Waals surface area (Å²) >= 11 is 6.14. The largest absolute Gasteiger partial charge is 0.488 e. The molecule has 5 heteroatoms. The van der Waals surface area contributed by atoms with E-state index in [2.05, 4.69) is 5.32 Å². The third kappa shape index (κ3) is 3.93. The zero-order chi connectivity index (χ0) is 15.2. The van der Waals surface area contributed by atoms with Crippen LogP contribution in [0.5, 0.6) is 5.75 Å². The summed E-state index contributed by atoms with van der Waals surface area (Å²) in [6.45, 7) is 3.11. The molecule has 21 heavy (non-hydrogen) atoms. The zero-order valence-electron chi connectivity index (χ0n) is 11.6. The van der Waals surface area contributed by atoms with Crippen molar-refractivity contribution in [3.05, 3.63) is 64.2 Å². The molecule has 2 aromatic rings. The number of hydrogen-bond donors (Lipinski definition) is 1. The normalized spacial score (nSPS) is 10.7. The third-order valence-corrected chi connectivity index (χ3v) is 3.42. The van der Waals surface area contributed by atoms with Gasteiger partial charge in [0.15, 0.2) is 0 Å². The lowest BCUT2D eigenvalue weighted by Crippen LogP contribution is -2.13. The second-order valence-corrected chi connectivity index (χ2v) is 4.89. The first-order valence-electron chi connectivity index (χ1n) is 6.67. The molecule has 0 aliphatic rings. The fourth-order valence-corrected chi connectivity index (χ4v) is 2.15. The first-order valence-corrected chi connectivity index (χ1v) is 7.05. The van der Waals surface area contributed by atoms with Crippen molar-refractivity contribution >= 4 is 11.6 Å². The molecule has 0 aromatic heterocycles. The van der Waals surface area contributed by atoms with Gasteiger partial charge in [-0.25, -0.2) is 8.78 Å². The summed E-state index contributed by atoms with van der Waals surface area (Å²) in [7, 11) is 0. The first-order chi connectivity index (χ1) is 10.1. The van der Waals surface area contributed by atoms with Crippen LogP contribution in [0.15, 0.2) is 36.4 Å². The SMILES string of the molecule is CCNCc1c(Cl)cccc1OCc1c(F)cccc1F. The Bertz CT molecular complexity index is 599. The summed E-state index contributed by atoms with van der Waals surface area (Å²) in [4.78, 5) is 0. The van der Waals surface area contributed by atoms with Crippen molar-refractivity contribution in [3.8, 4) is 5.75 Å². The average Bonchev–Trinajstić information content (AvgIpc) is 2.46. The fraction of sp³-hybridized carbons (Fsp3) is 0.250. The monoisotopic (exact) mass is 311 g/mol. The van der Waals surface area contributed by atoms with Crippen molar-refractivity contribution in [1.29, 1.82) is 0 Å². The van der Waals surface area contributed by atoms with Gasteiger partial charge in [-0.2, -0.15) is 0 Å². The Morgan fingerprint density at radius 3 is 2.38 bits per heavy atom. The summed E-state index contributed by atoms with van der Waals surface area (Å²) in [6.07, 6.45) is 0. The maximum absolute atomic E-state index is 13.6.